The fourth-order valence-corrected chi connectivity index (χ4v) is 2.61. The molecule has 0 radical (unpaired) electrons. The molecule has 0 aromatic carbocycles. The lowest BCUT2D eigenvalue weighted by Gasteiger charge is -2.23. The zero-order chi connectivity index (χ0) is 15.4. The van der Waals surface area contributed by atoms with Gasteiger partial charge in [0, 0.05) is 26.1 Å². The van der Waals surface area contributed by atoms with E-state index >= 15 is 0 Å². The number of rotatable bonds is 6. The van der Waals surface area contributed by atoms with Gasteiger partial charge in [-0.3, -0.25) is 14.5 Å². The Hall–Kier alpha value is -1.82. The van der Waals surface area contributed by atoms with E-state index in [-0.39, 0.29) is 23.8 Å². The molecule has 0 saturated carbocycles. The van der Waals surface area contributed by atoms with Crippen LogP contribution < -0.4 is 5.32 Å². The lowest BCUT2D eigenvalue weighted by molar-refractivity contribution is -0.128. The van der Waals surface area contributed by atoms with Crippen molar-refractivity contribution in [1.29, 1.82) is 0 Å². The van der Waals surface area contributed by atoms with Crippen molar-refractivity contribution in [2.24, 2.45) is 5.92 Å². The predicted molar refractivity (Wildman–Crippen MR) is 78.5 cm³/mol. The molecule has 2 rings (SSSR count). The van der Waals surface area contributed by atoms with Gasteiger partial charge in [-0.15, -0.1) is 0 Å². The van der Waals surface area contributed by atoms with Crippen molar-refractivity contribution in [2.45, 2.75) is 19.4 Å². The smallest absolute Gasteiger partial charge is 0.225 e. The van der Waals surface area contributed by atoms with E-state index in [0.717, 1.165) is 5.76 Å². The van der Waals surface area contributed by atoms with Gasteiger partial charge in [0.1, 0.15) is 5.76 Å². The summed E-state index contributed by atoms with van der Waals surface area (Å²) in [6, 6.07) is 3.72. The van der Waals surface area contributed by atoms with Gasteiger partial charge in [-0.1, -0.05) is 0 Å². The summed E-state index contributed by atoms with van der Waals surface area (Å²) in [5.74, 6) is 0.584. The number of nitrogens with one attached hydrogen (secondary N) is 1. The van der Waals surface area contributed by atoms with Crippen LogP contribution in [0.1, 0.15) is 25.1 Å². The van der Waals surface area contributed by atoms with Crippen LogP contribution >= 0.6 is 0 Å². The van der Waals surface area contributed by atoms with E-state index < -0.39 is 0 Å². The second-order valence-electron chi connectivity index (χ2n) is 5.57. The van der Waals surface area contributed by atoms with Crippen molar-refractivity contribution in [2.75, 3.05) is 33.7 Å². The second-order valence-corrected chi connectivity index (χ2v) is 5.57. The van der Waals surface area contributed by atoms with E-state index in [4.69, 9.17) is 4.42 Å². The van der Waals surface area contributed by atoms with E-state index in [2.05, 4.69) is 5.32 Å². The quantitative estimate of drug-likeness (QED) is 0.845. The van der Waals surface area contributed by atoms with E-state index in [1.54, 1.807) is 11.2 Å². The molecule has 1 N–H and O–H groups in total. The minimum Gasteiger partial charge on any atom is -0.468 e. The molecule has 1 fully saturated rings. The molecule has 6 heteroatoms. The lowest BCUT2D eigenvalue weighted by Crippen LogP contribution is -2.38. The summed E-state index contributed by atoms with van der Waals surface area (Å²) >= 11 is 0. The van der Waals surface area contributed by atoms with Crippen LogP contribution in [0.2, 0.25) is 0 Å². The van der Waals surface area contributed by atoms with Gasteiger partial charge in [0.05, 0.1) is 18.2 Å². The molecular weight excluding hydrogens is 270 g/mol. The van der Waals surface area contributed by atoms with Gasteiger partial charge >= 0.3 is 0 Å². The van der Waals surface area contributed by atoms with Gasteiger partial charge in [0.25, 0.3) is 0 Å². The number of hydrogen-bond donors (Lipinski definition) is 1. The molecule has 0 spiro atoms. The minimum absolute atomic E-state index is 0.0108. The molecule has 0 aliphatic carbocycles. The van der Waals surface area contributed by atoms with E-state index in [9.17, 15) is 9.59 Å². The van der Waals surface area contributed by atoms with Crippen LogP contribution in [0.25, 0.3) is 0 Å². The number of likely N-dealkylation sites (tertiary alicyclic amines) is 1. The molecule has 116 valence electrons. The van der Waals surface area contributed by atoms with Crippen LogP contribution in [0.4, 0.5) is 0 Å². The van der Waals surface area contributed by atoms with E-state index in [1.165, 1.54) is 0 Å². The standard InChI is InChI=1S/C15H23N3O3/c1-4-18-10-11(8-14(18)19)15(20)16-9-12(17(2)3)13-6-5-7-21-13/h5-7,11-12H,4,8-10H2,1-3H3,(H,16,20). The molecular formula is C15H23N3O3. The molecule has 2 heterocycles. The molecule has 1 saturated heterocycles. The molecule has 1 aromatic heterocycles. The van der Waals surface area contributed by atoms with Crippen LogP contribution in [-0.4, -0.2) is 55.3 Å². The maximum absolute atomic E-state index is 12.2. The lowest BCUT2D eigenvalue weighted by atomic mass is 10.1. The average Bonchev–Trinajstić information content (AvgIpc) is 3.07. The van der Waals surface area contributed by atoms with Gasteiger partial charge in [-0.05, 0) is 33.2 Å². The van der Waals surface area contributed by atoms with Crippen LogP contribution in [0, 0.1) is 5.92 Å². The van der Waals surface area contributed by atoms with Crippen LogP contribution in [0.5, 0.6) is 0 Å². The Morgan fingerprint density at radius 3 is 2.86 bits per heavy atom. The summed E-state index contributed by atoms with van der Waals surface area (Å²) in [4.78, 5) is 27.6. The summed E-state index contributed by atoms with van der Waals surface area (Å²) in [5.41, 5.74) is 0. The van der Waals surface area contributed by atoms with Gasteiger partial charge in [-0.25, -0.2) is 0 Å². The third kappa shape index (κ3) is 3.64. The largest absolute Gasteiger partial charge is 0.468 e. The van der Waals surface area contributed by atoms with Crippen molar-refractivity contribution < 1.29 is 14.0 Å². The number of carbonyl (C=O) groups is 2. The minimum atomic E-state index is -0.239. The predicted octanol–water partition coefficient (Wildman–Crippen LogP) is 0.867. The molecule has 21 heavy (non-hydrogen) atoms. The summed E-state index contributed by atoms with van der Waals surface area (Å²) in [7, 11) is 3.88. The van der Waals surface area contributed by atoms with Crippen LogP contribution in [0.15, 0.2) is 22.8 Å². The Labute approximate surface area is 125 Å². The average molecular weight is 293 g/mol. The van der Waals surface area contributed by atoms with E-state index in [1.807, 2.05) is 38.1 Å². The third-order valence-electron chi connectivity index (χ3n) is 3.93. The van der Waals surface area contributed by atoms with E-state index in [0.29, 0.717) is 26.1 Å². The zero-order valence-corrected chi connectivity index (χ0v) is 12.8. The van der Waals surface area contributed by atoms with Gasteiger partial charge in [0.15, 0.2) is 0 Å². The summed E-state index contributed by atoms with van der Waals surface area (Å²) in [5, 5.41) is 2.94. The number of carbonyl (C=O) groups excluding carboxylic acids is 2. The van der Waals surface area contributed by atoms with Crippen molar-refractivity contribution in [3.05, 3.63) is 24.2 Å². The molecule has 2 unspecified atom stereocenters. The molecule has 2 amide bonds. The topological polar surface area (TPSA) is 65.8 Å². The van der Waals surface area contributed by atoms with Crippen molar-refractivity contribution in [1.82, 2.24) is 15.1 Å². The fraction of sp³-hybridized carbons (Fsp3) is 0.600. The monoisotopic (exact) mass is 293 g/mol. The normalized spacial score (nSPS) is 20.1. The fourth-order valence-electron chi connectivity index (χ4n) is 2.61. The Bertz CT molecular complexity index is 484. The number of nitrogens with zero attached hydrogens (tertiary/aromatic N) is 2. The molecule has 2 atom stereocenters. The van der Waals surface area contributed by atoms with Crippen molar-refractivity contribution in [3.63, 3.8) is 0 Å². The first-order valence-corrected chi connectivity index (χ1v) is 7.28. The SMILES string of the molecule is CCN1CC(C(=O)NCC(c2ccco2)N(C)C)CC1=O. The first-order chi connectivity index (χ1) is 10.0. The summed E-state index contributed by atoms with van der Waals surface area (Å²) in [6.07, 6.45) is 1.94. The molecule has 1 aliphatic rings. The number of likely N-dealkylation sites (N-methyl/N-ethyl adjacent to an activating group) is 1. The highest BCUT2D eigenvalue weighted by Gasteiger charge is 2.33. The summed E-state index contributed by atoms with van der Waals surface area (Å²) in [6.45, 7) is 3.58. The summed E-state index contributed by atoms with van der Waals surface area (Å²) < 4.78 is 5.41. The number of hydrogen-bond acceptors (Lipinski definition) is 4. The molecule has 1 aromatic rings. The number of furan rings is 1. The van der Waals surface area contributed by atoms with Crippen LogP contribution in [0.3, 0.4) is 0 Å². The first kappa shape index (κ1) is 15.6. The molecule has 6 nitrogen and oxygen atoms in total. The Kier molecular flexibility index (Phi) is 5.01. The third-order valence-corrected chi connectivity index (χ3v) is 3.93. The molecule has 1 aliphatic heterocycles. The van der Waals surface area contributed by atoms with Crippen molar-refractivity contribution in [3.8, 4) is 0 Å². The Morgan fingerprint density at radius 1 is 1.57 bits per heavy atom. The maximum Gasteiger partial charge on any atom is 0.225 e. The highest BCUT2D eigenvalue weighted by molar-refractivity contribution is 5.89. The van der Waals surface area contributed by atoms with Crippen LogP contribution in [-0.2, 0) is 9.59 Å². The maximum atomic E-state index is 12.2. The highest BCUT2D eigenvalue weighted by atomic mass is 16.3. The van der Waals surface area contributed by atoms with Gasteiger partial charge in [-0.2, -0.15) is 0 Å². The molecule has 0 bridgehead atoms. The second kappa shape index (κ2) is 6.76. The van der Waals surface area contributed by atoms with Gasteiger partial charge in [0.2, 0.25) is 11.8 Å². The van der Waals surface area contributed by atoms with Gasteiger partial charge < -0.3 is 14.6 Å². The Balaban J connectivity index is 1.90. The first-order valence-electron chi connectivity index (χ1n) is 7.28. The zero-order valence-electron chi connectivity index (χ0n) is 12.8. The Morgan fingerprint density at radius 2 is 2.33 bits per heavy atom. The number of amides is 2. The highest BCUT2D eigenvalue weighted by Crippen LogP contribution is 2.20. The van der Waals surface area contributed by atoms with Crippen molar-refractivity contribution >= 4 is 11.8 Å².